The molecule has 4 rings (SSSR count). The molecule has 0 unspecified atom stereocenters. The predicted molar refractivity (Wildman–Crippen MR) is 83.1 cm³/mol. The molecule has 0 saturated heterocycles. The highest BCUT2D eigenvalue weighted by Gasteiger charge is 2.25. The predicted octanol–water partition coefficient (Wildman–Crippen LogP) is 3.64. The van der Waals surface area contributed by atoms with Crippen molar-refractivity contribution < 1.29 is 13.6 Å². The van der Waals surface area contributed by atoms with Crippen molar-refractivity contribution >= 4 is 16.8 Å². The Hall–Kier alpha value is -2.69. The quantitative estimate of drug-likeness (QED) is 0.731. The maximum atomic E-state index is 13.3. The third kappa shape index (κ3) is 2.38. The van der Waals surface area contributed by atoms with Gasteiger partial charge in [0.05, 0.1) is 0 Å². The molecule has 1 N–H and O–H groups in total. The Labute approximate surface area is 131 Å². The zero-order valence-electron chi connectivity index (χ0n) is 12.3. The van der Waals surface area contributed by atoms with Gasteiger partial charge in [0.15, 0.2) is 0 Å². The van der Waals surface area contributed by atoms with Gasteiger partial charge in [-0.15, -0.1) is 0 Å². The summed E-state index contributed by atoms with van der Waals surface area (Å²) in [4.78, 5) is 17.5. The normalized spacial score (nSPS) is 14.1. The zero-order chi connectivity index (χ0) is 16.0. The molecule has 1 aliphatic rings. The Bertz CT molecular complexity index is 917. The molecule has 0 spiro atoms. The largest absolute Gasteiger partial charge is 0.358 e. The maximum Gasteiger partial charge on any atom is 0.254 e. The van der Waals surface area contributed by atoms with Crippen LogP contribution in [0.4, 0.5) is 8.78 Å². The number of benzene rings is 2. The summed E-state index contributed by atoms with van der Waals surface area (Å²) in [5.74, 6) is -0.897. The summed E-state index contributed by atoms with van der Waals surface area (Å²) < 4.78 is 26.7. The Morgan fingerprint density at radius 1 is 1.09 bits per heavy atom. The highest BCUT2D eigenvalue weighted by Crippen LogP contribution is 2.28. The van der Waals surface area contributed by atoms with Gasteiger partial charge in [-0.1, -0.05) is 6.07 Å². The number of rotatable bonds is 1. The van der Waals surface area contributed by atoms with Gasteiger partial charge in [-0.25, -0.2) is 8.78 Å². The van der Waals surface area contributed by atoms with Crippen molar-refractivity contribution in [3.63, 3.8) is 0 Å². The number of hydrogen-bond donors (Lipinski definition) is 1. The van der Waals surface area contributed by atoms with Gasteiger partial charge < -0.3 is 9.88 Å². The molecule has 2 aromatic carbocycles. The molecule has 0 atom stereocenters. The van der Waals surface area contributed by atoms with E-state index in [4.69, 9.17) is 0 Å². The highest BCUT2D eigenvalue weighted by atomic mass is 19.1. The standard InChI is InChI=1S/C18H14F2N2O/c19-12-3-1-2-11(8-12)18(23)22-7-6-16-15(10-22)14-5-4-13(20)9-17(14)21-16/h1-5,8-9,21H,6-7,10H2. The number of aromatic nitrogens is 1. The average molecular weight is 312 g/mol. The molecule has 2 heterocycles. The molecular formula is C18H14F2N2O. The van der Waals surface area contributed by atoms with Gasteiger partial charge in [-0.2, -0.15) is 0 Å². The fraction of sp³-hybridized carbons (Fsp3) is 0.167. The van der Waals surface area contributed by atoms with Gasteiger partial charge in [0.25, 0.3) is 5.91 Å². The van der Waals surface area contributed by atoms with Crippen molar-refractivity contribution in [2.24, 2.45) is 0 Å². The van der Waals surface area contributed by atoms with E-state index in [1.54, 1.807) is 17.0 Å². The molecule has 116 valence electrons. The highest BCUT2D eigenvalue weighted by molar-refractivity contribution is 5.95. The summed E-state index contributed by atoms with van der Waals surface area (Å²) in [6.07, 6.45) is 0.673. The monoisotopic (exact) mass is 312 g/mol. The van der Waals surface area contributed by atoms with E-state index in [0.717, 1.165) is 22.2 Å². The minimum absolute atomic E-state index is 0.188. The number of fused-ring (bicyclic) bond motifs is 3. The van der Waals surface area contributed by atoms with Crippen LogP contribution in [0.15, 0.2) is 42.5 Å². The zero-order valence-corrected chi connectivity index (χ0v) is 12.3. The van der Waals surface area contributed by atoms with Gasteiger partial charge in [0, 0.05) is 47.2 Å². The summed E-state index contributed by atoms with van der Waals surface area (Å²) in [7, 11) is 0. The molecule has 0 fully saturated rings. The van der Waals surface area contributed by atoms with Crippen molar-refractivity contribution in [2.45, 2.75) is 13.0 Å². The summed E-state index contributed by atoms with van der Waals surface area (Å²) >= 11 is 0. The van der Waals surface area contributed by atoms with Crippen LogP contribution in [0.5, 0.6) is 0 Å². The van der Waals surface area contributed by atoms with E-state index < -0.39 is 5.82 Å². The first kappa shape index (κ1) is 13.9. The Balaban J connectivity index is 1.68. The summed E-state index contributed by atoms with van der Waals surface area (Å²) in [6.45, 7) is 0.994. The average Bonchev–Trinajstić information content (AvgIpc) is 2.90. The van der Waals surface area contributed by atoms with E-state index in [1.807, 2.05) is 0 Å². The van der Waals surface area contributed by atoms with Crippen molar-refractivity contribution in [1.82, 2.24) is 9.88 Å². The number of halogens is 2. The lowest BCUT2D eigenvalue weighted by atomic mass is 10.0. The van der Waals surface area contributed by atoms with E-state index in [-0.39, 0.29) is 11.7 Å². The van der Waals surface area contributed by atoms with Crippen molar-refractivity contribution in [1.29, 1.82) is 0 Å². The first-order chi connectivity index (χ1) is 11.1. The second kappa shape index (κ2) is 5.19. The molecule has 1 amide bonds. The van der Waals surface area contributed by atoms with E-state index in [0.29, 0.717) is 25.1 Å². The van der Waals surface area contributed by atoms with Crippen molar-refractivity contribution in [3.8, 4) is 0 Å². The van der Waals surface area contributed by atoms with Gasteiger partial charge in [-0.05, 0) is 36.4 Å². The molecular weight excluding hydrogens is 298 g/mol. The smallest absolute Gasteiger partial charge is 0.254 e. The van der Waals surface area contributed by atoms with Crippen molar-refractivity contribution in [2.75, 3.05) is 6.54 Å². The number of amides is 1. The Kier molecular flexibility index (Phi) is 3.15. The van der Waals surface area contributed by atoms with Crippen LogP contribution in [-0.2, 0) is 13.0 Å². The second-order valence-corrected chi connectivity index (χ2v) is 5.76. The van der Waals surface area contributed by atoms with Gasteiger partial charge in [-0.3, -0.25) is 4.79 Å². The number of H-pyrrole nitrogens is 1. The molecule has 0 aliphatic carbocycles. The van der Waals surface area contributed by atoms with E-state index in [9.17, 15) is 13.6 Å². The Morgan fingerprint density at radius 2 is 1.91 bits per heavy atom. The molecule has 3 aromatic rings. The van der Waals surface area contributed by atoms with Gasteiger partial charge >= 0.3 is 0 Å². The molecule has 1 aromatic heterocycles. The minimum atomic E-state index is -0.420. The number of nitrogens with one attached hydrogen (secondary N) is 1. The fourth-order valence-corrected chi connectivity index (χ4v) is 3.17. The van der Waals surface area contributed by atoms with E-state index in [1.165, 1.54) is 30.3 Å². The van der Waals surface area contributed by atoms with Crippen LogP contribution in [0.2, 0.25) is 0 Å². The van der Waals surface area contributed by atoms with Crippen molar-refractivity contribution in [3.05, 3.63) is 70.9 Å². The molecule has 0 saturated carbocycles. The molecule has 0 bridgehead atoms. The van der Waals surface area contributed by atoms with Crippen LogP contribution in [0, 0.1) is 11.6 Å². The lowest BCUT2D eigenvalue weighted by Gasteiger charge is -2.27. The molecule has 3 nitrogen and oxygen atoms in total. The molecule has 5 heteroatoms. The maximum absolute atomic E-state index is 13.3. The van der Waals surface area contributed by atoms with Crippen LogP contribution in [0.25, 0.3) is 10.9 Å². The lowest BCUT2D eigenvalue weighted by molar-refractivity contribution is 0.0734. The first-order valence-corrected chi connectivity index (χ1v) is 7.45. The van der Waals surface area contributed by atoms with Crippen LogP contribution >= 0.6 is 0 Å². The second-order valence-electron chi connectivity index (χ2n) is 5.76. The lowest BCUT2D eigenvalue weighted by Crippen LogP contribution is -2.35. The van der Waals surface area contributed by atoms with Crippen LogP contribution in [-0.4, -0.2) is 22.3 Å². The van der Waals surface area contributed by atoms with Gasteiger partial charge in [0.2, 0.25) is 0 Å². The third-order valence-electron chi connectivity index (χ3n) is 4.30. The third-order valence-corrected chi connectivity index (χ3v) is 4.30. The molecule has 1 aliphatic heterocycles. The fourth-order valence-electron chi connectivity index (χ4n) is 3.17. The SMILES string of the molecule is O=C(c1cccc(F)c1)N1CCc2[nH]c3cc(F)ccc3c2C1. The van der Waals surface area contributed by atoms with Crippen LogP contribution < -0.4 is 0 Å². The van der Waals surface area contributed by atoms with E-state index in [2.05, 4.69) is 4.98 Å². The molecule has 23 heavy (non-hydrogen) atoms. The molecule has 0 radical (unpaired) electrons. The first-order valence-electron chi connectivity index (χ1n) is 7.45. The number of hydrogen-bond acceptors (Lipinski definition) is 1. The number of aromatic amines is 1. The Morgan fingerprint density at radius 3 is 2.74 bits per heavy atom. The van der Waals surface area contributed by atoms with Crippen LogP contribution in [0.1, 0.15) is 21.6 Å². The summed E-state index contributed by atoms with van der Waals surface area (Å²) in [5, 5.41) is 0.929. The van der Waals surface area contributed by atoms with Gasteiger partial charge in [0.1, 0.15) is 11.6 Å². The topological polar surface area (TPSA) is 36.1 Å². The number of nitrogens with zero attached hydrogens (tertiary/aromatic N) is 1. The van der Waals surface area contributed by atoms with E-state index >= 15 is 0 Å². The number of carbonyl (C=O) groups is 1. The van der Waals surface area contributed by atoms with Crippen LogP contribution in [0.3, 0.4) is 0 Å². The number of carbonyl (C=O) groups excluding carboxylic acids is 1. The minimum Gasteiger partial charge on any atom is -0.358 e. The summed E-state index contributed by atoms with van der Waals surface area (Å²) in [5.41, 5.74) is 3.14. The summed E-state index contributed by atoms with van der Waals surface area (Å²) in [6, 6.07) is 10.3.